The molecule has 4 aromatic rings. The second kappa shape index (κ2) is 12.2. The van der Waals surface area contributed by atoms with Crippen molar-refractivity contribution in [1.29, 1.82) is 0 Å². The Balaban J connectivity index is 1.81. The zero-order valence-corrected chi connectivity index (χ0v) is 24.1. The monoisotopic (exact) mass is 585 g/mol. The van der Waals surface area contributed by atoms with Gasteiger partial charge in [-0.05, 0) is 54.4 Å². The molecule has 1 aromatic heterocycles. The molecular formula is C28H29FN3O6PS. The topological polar surface area (TPSA) is 108 Å². The summed E-state index contributed by atoms with van der Waals surface area (Å²) in [5.41, 5.74) is 1.64. The second-order valence-corrected chi connectivity index (χ2v) is 12.7. The fourth-order valence-electron chi connectivity index (χ4n) is 3.68. The van der Waals surface area contributed by atoms with Gasteiger partial charge in [0.15, 0.2) is 0 Å². The molecule has 9 nitrogen and oxygen atoms in total. The third kappa shape index (κ3) is 7.24. The summed E-state index contributed by atoms with van der Waals surface area (Å²) < 4.78 is 70.6. The molecule has 0 saturated carbocycles. The van der Waals surface area contributed by atoms with E-state index in [-0.39, 0.29) is 35.7 Å². The highest BCUT2D eigenvalue weighted by Gasteiger charge is 2.33. The van der Waals surface area contributed by atoms with Crippen molar-refractivity contribution in [2.24, 2.45) is 0 Å². The van der Waals surface area contributed by atoms with Crippen molar-refractivity contribution in [1.82, 2.24) is 9.97 Å². The Hall–Kier alpha value is -3.79. The molecule has 0 fully saturated rings. The minimum absolute atomic E-state index is 0.0708. The third-order valence-corrected chi connectivity index (χ3v) is 8.23. The minimum Gasteiger partial charge on any atom is -0.395 e. The molecule has 1 heterocycles. The molecule has 12 heteroatoms. The van der Waals surface area contributed by atoms with Crippen LogP contribution in [0.1, 0.15) is 31.0 Å². The Bertz CT molecular complexity index is 1560. The molecular weight excluding hydrogens is 556 g/mol. The maximum Gasteiger partial charge on any atom is 0.587 e. The second-order valence-electron chi connectivity index (χ2n) is 9.16. The van der Waals surface area contributed by atoms with Gasteiger partial charge in [0.1, 0.15) is 17.3 Å². The van der Waals surface area contributed by atoms with E-state index in [1.54, 1.807) is 60.7 Å². The predicted octanol–water partition coefficient (Wildman–Crippen LogP) is 6.58. The first-order valence-corrected chi connectivity index (χ1v) is 15.6. The van der Waals surface area contributed by atoms with Gasteiger partial charge in [-0.25, -0.2) is 31.6 Å². The Labute approximate surface area is 233 Å². The zero-order chi connectivity index (χ0) is 28.9. The largest absolute Gasteiger partial charge is 0.587 e. The Morgan fingerprint density at radius 1 is 0.875 bits per heavy atom. The van der Waals surface area contributed by atoms with Crippen molar-refractivity contribution in [3.8, 4) is 22.8 Å². The first kappa shape index (κ1) is 29.2. The summed E-state index contributed by atoms with van der Waals surface area (Å²) in [5, 5.41) is 0. The van der Waals surface area contributed by atoms with Crippen molar-refractivity contribution in [2.45, 2.75) is 26.4 Å². The molecule has 0 bridgehead atoms. The molecule has 0 atom stereocenters. The van der Waals surface area contributed by atoms with Crippen LogP contribution in [0.25, 0.3) is 11.3 Å². The van der Waals surface area contributed by atoms with Crippen LogP contribution >= 0.6 is 7.82 Å². The molecule has 210 valence electrons. The fraction of sp³-hybridized carbons (Fsp3) is 0.214. The van der Waals surface area contributed by atoms with Gasteiger partial charge in [0.2, 0.25) is 16.0 Å². The lowest BCUT2D eigenvalue weighted by Crippen LogP contribution is -2.28. The van der Waals surface area contributed by atoms with Gasteiger partial charge in [0, 0.05) is 18.2 Å². The molecule has 4 rings (SSSR count). The van der Waals surface area contributed by atoms with Crippen LogP contribution in [0.2, 0.25) is 0 Å². The zero-order valence-electron chi connectivity index (χ0n) is 22.4. The fourth-order valence-corrected chi connectivity index (χ4v) is 5.25. The van der Waals surface area contributed by atoms with Gasteiger partial charge in [-0.1, -0.05) is 50.2 Å². The summed E-state index contributed by atoms with van der Waals surface area (Å²) in [7, 11) is -6.62. The maximum absolute atomic E-state index is 14.0. The summed E-state index contributed by atoms with van der Waals surface area (Å²) in [5.74, 6) is -0.211. The Morgan fingerprint density at radius 2 is 1.40 bits per heavy atom. The van der Waals surface area contributed by atoms with Crippen LogP contribution in [-0.2, 0) is 25.7 Å². The lowest BCUT2D eigenvalue weighted by Gasteiger charge is -2.23. The number of para-hydroxylation sites is 2. The summed E-state index contributed by atoms with van der Waals surface area (Å²) in [4.78, 5) is 9.03. The number of phosphoric acid groups is 1. The number of hydrogen-bond acceptors (Lipinski definition) is 8. The number of anilines is 1. The number of sulfonamides is 1. The highest BCUT2D eigenvalue weighted by molar-refractivity contribution is 7.92. The predicted molar refractivity (Wildman–Crippen MR) is 151 cm³/mol. The lowest BCUT2D eigenvalue weighted by atomic mass is 9.99. The summed E-state index contributed by atoms with van der Waals surface area (Å²) in [6.07, 6.45) is 1.04. The van der Waals surface area contributed by atoms with Crippen LogP contribution in [0, 0.1) is 5.82 Å². The van der Waals surface area contributed by atoms with E-state index in [1.165, 1.54) is 31.3 Å². The van der Waals surface area contributed by atoms with Crippen molar-refractivity contribution in [3.63, 3.8) is 0 Å². The van der Waals surface area contributed by atoms with Gasteiger partial charge in [-0.3, -0.25) is 4.52 Å². The van der Waals surface area contributed by atoms with Crippen LogP contribution in [0.5, 0.6) is 11.5 Å². The average Bonchev–Trinajstić information content (AvgIpc) is 2.92. The van der Waals surface area contributed by atoms with Crippen LogP contribution in [-0.4, -0.2) is 31.7 Å². The SMILES string of the molecule is CC(C)c1nc(N(C)S(C)(=O)=O)nc(-c2ccc(F)cc2)c1COP(=O)(Oc1ccccc1)Oc1ccccc1. The summed E-state index contributed by atoms with van der Waals surface area (Å²) in [6.45, 7) is 3.41. The average molecular weight is 586 g/mol. The van der Waals surface area contributed by atoms with Gasteiger partial charge in [-0.15, -0.1) is 0 Å². The molecule has 0 unspecified atom stereocenters. The Morgan fingerprint density at radius 3 is 1.88 bits per heavy atom. The van der Waals surface area contributed by atoms with Crippen molar-refractivity contribution in [3.05, 3.63) is 102 Å². The van der Waals surface area contributed by atoms with Gasteiger partial charge in [0.05, 0.1) is 24.3 Å². The Kier molecular flexibility index (Phi) is 8.88. The van der Waals surface area contributed by atoms with E-state index >= 15 is 0 Å². The van der Waals surface area contributed by atoms with E-state index in [0.29, 0.717) is 16.8 Å². The quantitative estimate of drug-likeness (QED) is 0.182. The molecule has 0 aliphatic carbocycles. The molecule has 40 heavy (non-hydrogen) atoms. The number of hydrogen-bond donors (Lipinski definition) is 0. The molecule has 0 aliphatic heterocycles. The minimum atomic E-state index is -4.28. The summed E-state index contributed by atoms with van der Waals surface area (Å²) >= 11 is 0. The smallest absolute Gasteiger partial charge is 0.395 e. The molecule has 0 saturated heterocycles. The van der Waals surface area contributed by atoms with Crippen LogP contribution < -0.4 is 13.4 Å². The van der Waals surface area contributed by atoms with Gasteiger partial charge in [0.25, 0.3) is 0 Å². The molecule has 0 spiro atoms. The molecule has 0 aliphatic rings. The number of nitrogens with zero attached hydrogens (tertiary/aromatic N) is 3. The van der Waals surface area contributed by atoms with E-state index in [0.717, 1.165) is 10.6 Å². The summed E-state index contributed by atoms with van der Waals surface area (Å²) in [6, 6.07) is 22.5. The van der Waals surface area contributed by atoms with E-state index in [2.05, 4.69) is 9.97 Å². The first-order chi connectivity index (χ1) is 18.9. The number of aromatic nitrogens is 2. The highest BCUT2D eigenvalue weighted by atomic mass is 32.2. The molecule has 0 amide bonds. The van der Waals surface area contributed by atoms with E-state index in [4.69, 9.17) is 13.6 Å². The molecule has 0 radical (unpaired) electrons. The van der Waals surface area contributed by atoms with E-state index in [9.17, 15) is 17.4 Å². The van der Waals surface area contributed by atoms with E-state index in [1.807, 2.05) is 13.8 Å². The van der Waals surface area contributed by atoms with E-state index < -0.39 is 23.7 Å². The van der Waals surface area contributed by atoms with Crippen LogP contribution in [0.3, 0.4) is 0 Å². The lowest BCUT2D eigenvalue weighted by molar-refractivity contribution is 0.200. The number of rotatable bonds is 11. The highest BCUT2D eigenvalue weighted by Crippen LogP contribution is 2.51. The van der Waals surface area contributed by atoms with Crippen LogP contribution in [0.4, 0.5) is 10.3 Å². The maximum atomic E-state index is 14.0. The van der Waals surface area contributed by atoms with Gasteiger partial charge >= 0.3 is 7.82 Å². The van der Waals surface area contributed by atoms with Crippen molar-refractivity contribution < 1.29 is 30.9 Å². The van der Waals surface area contributed by atoms with Gasteiger partial charge in [-0.2, -0.15) is 0 Å². The molecule has 0 N–H and O–H groups in total. The standard InChI is InChI=1S/C28H29FN3O6PS/c1-20(2)26-25(27(21-15-17-22(29)18-16-21)31-28(30-26)32(3)40(4,34)35)19-36-39(33,37-23-11-7-5-8-12-23)38-24-13-9-6-10-14-24/h5-18,20H,19H2,1-4H3. The molecule has 3 aromatic carbocycles. The first-order valence-electron chi connectivity index (χ1n) is 12.3. The number of benzene rings is 3. The van der Waals surface area contributed by atoms with Gasteiger partial charge < -0.3 is 9.05 Å². The third-order valence-electron chi connectivity index (χ3n) is 5.76. The number of phosphoric ester groups is 1. The van der Waals surface area contributed by atoms with Crippen molar-refractivity contribution in [2.75, 3.05) is 17.6 Å². The van der Waals surface area contributed by atoms with Crippen molar-refractivity contribution >= 4 is 23.8 Å². The van der Waals surface area contributed by atoms with Crippen LogP contribution in [0.15, 0.2) is 84.9 Å². The normalized spacial score (nSPS) is 11.8. The number of halogens is 1.